The van der Waals surface area contributed by atoms with E-state index in [0.717, 1.165) is 112 Å². The van der Waals surface area contributed by atoms with Crippen molar-refractivity contribution >= 4 is 33.7 Å². The monoisotopic (exact) mass is 710 g/mol. The smallest absolute Gasteiger partial charge is 0.0737 e. The van der Waals surface area contributed by atoms with Crippen LogP contribution in [-0.4, -0.2) is 21.4 Å². The van der Waals surface area contributed by atoms with E-state index < -0.39 is 0 Å². The fourth-order valence-electron chi connectivity index (χ4n) is 7.37. The van der Waals surface area contributed by atoms with Gasteiger partial charge in [0, 0.05) is 72.7 Å². The molecule has 0 unspecified atom stereocenters. The van der Waals surface area contributed by atoms with Gasteiger partial charge in [-0.25, -0.2) is 9.98 Å². The molecule has 4 heteroatoms. The van der Waals surface area contributed by atoms with E-state index in [4.69, 9.17) is 35.7 Å². The summed E-state index contributed by atoms with van der Waals surface area (Å²) in [5, 5.41) is 1.78. The normalized spacial score (nSPS) is 14.2. The highest BCUT2D eigenvalue weighted by atomic mass is 14.8. The molecule has 0 radical (unpaired) electrons. The standard InChI is InChI=1S/C52H30N4/c1-5-33-9-17-37(18-10-33)49-41-31-48(53-32-41)52(40-23-15-36(8-4)16-24-40)47-30-29-46(56-47)51(39-21-13-35(7-3)14-22-39)45-28-27-44(55-45)50(43-26-25-42(49)54-43)38-19-11-34(6-2)12-20-38/h1-4,9-32,53,55H. The third-order valence-electron chi connectivity index (χ3n) is 10.1. The molecule has 5 heterocycles. The minimum Gasteiger partial charge on any atom is -0.360 e. The number of nitrogens with one attached hydrogen (secondary N) is 2. The van der Waals surface area contributed by atoms with Crippen molar-refractivity contribution in [3.05, 3.63) is 224 Å². The van der Waals surface area contributed by atoms with E-state index in [1.165, 1.54) is 0 Å². The number of fused-ring (bicyclic) bond motifs is 6. The van der Waals surface area contributed by atoms with Crippen LogP contribution in [-0.2, 0) is 0 Å². The van der Waals surface area contributed by atoms with Gasteiger partial charge in [-0.3, -0.25) is 0 Å². The lowest BCUT2D eigenvalue weighted by molar-refractivity contribution is 1.25. The Balaban J connectivity index is 1.40. The molecule has 8 bridgehead atoms. The largest absolute Gasteiger partial charge is 0.360 e. The minimum atomic E-state index is 0.798. The van der Waals surface area contributed by atoms with Crippen LogP contribution >= 0.6 is 0 Å². The number of terminal acetylenes is 4. The van der Waals surface area contributed by atoms with Crippen LogP contribution in [0, 0.1) is 49.4 Å². The molecule has 4 aromatic carbocycles. The maximum Gasteiger partial charge on any atom is 0.0737 e. The second-order valence-electron chi connectivity index (χ2n) is 13.4. The molecule has 0 amide bonds. The molecule has 0 saturated carbocycles. The predicted molar refractivity (Wildman–Crippen MR) is 229 cm³/mol. The summed E-state index contributed by atoms with van der Waals surface area (Å²) >= 11 is 0. The highest BCUT2D eigenvalue weighted by Crippen LogP contribution is 2.37. The van der Waals surface area contributed by atoms with E-state index in [1.807, 2.05) is 103 Å². The molecule has 3 aliphatic rings. The first-order chi connectivity index (χ1) is 27.5. The van der Waals surface area contributed by atoms with Crippen LogP contribution < -0.4 is 10.7 Å². The first kappa shape index (κ1) is 33.5. The van der Waals surface area contributed by atoms with E-state index in [-0.39, 0.29) is 0 Å². The van der Waals surface area contributed by atoms with Crippen molar-refractivity contribution in [2.45, 2.75) is 0 Å². The maximum atomic E-state index is 5.76. The van der Waals surface area contributed by atoms with Crippen LogP contribution in [0.5, 0.6) is 0 Å². The first-order valence-corrected chi connectivity index (χ1v) is 18.0. The van der Waals surface area contributed by atoms with Gasteiger partial charge in [-0.1, -0.05) is 72.2 Å². The van der Waals surface area contributed by atoms with Gasteiger partial charge >= 0.3 is 0 Å². The average Bonchev–Trinajstić information content (AvgIpc) is 4.10. The fourth-order valence-corrected chi connectivity index (χ4v) is 7.37. The molecule has 4 nitrogen and oxygen atoms in total. The van der Waals surface area contributed by atoms with Crippen molar-refractivity contribution in [2.24, 2.45) is 9.98 Å². The summed E-state index contributed by atoms with van der Waals surface area (Å²) in [5.41, 5.74) is 15.9. The van der Waals surface area contributed by atoms with E-state index in [1.54, 1.807) is 0 Å². The highest BCUT2D eigenvalue weighted by Gasteiger charge is 2.23. The maximum absolute atomic E-state index is 5.76. The topological polar surface area (TPSA) is 56.3 Å². The zero-order valence-corrected chi connectivity index (χ0v) is 30.1. The summed E-state index contributed by atoms with van der Waals surface area (Å²) in [5.74, 6) is 11.0. The minimum absolute atomic E-state index is 0.798. The molecule has 6 aromatic rings. The molecule has 0 aliphatic carbocycles. The Morgan fingerprint density at radius 2 is 0.768 bits per heavy atom. The van der Waals surface area contributed by atoms with Gasteiger partial charge in [0.2, 0.25) is 0 Å². The number of benzene rings is 4. The second kappa shape index (κ2) is 13.9. The van der Waals surface area contributed by atoms with E-state index in [0.29, 0.717) is 0 Å². The number of nitrogens with zero attached hydrogens (tertiary/aromatic N) is 2. The Morgan fingerprint density at radius 1 is 0.393 bits per heavy atom. The molecule has 2 aromatic heterocycles. The lowest BCUT2D eigenvalue weighted by Gasteiger charge is -2.11. The van der Waals surface area contributed by atoms with Crippen molar-refractivity contribution < 1.29 is 0 Å². The average molecular weight is 711 g/mol. The van der Waals surface area contributed by atoms with Crippen LogP contribution in [0.3, 0.4) is 0 Å². The lowest BCUT2D eigenvalue weighted by atomic mass is 9.95. The molecule has 9 rings (SSSR count). The van der Waals surface area contributed by atoms with E-state index >= 15 is 0 Å². The van der Waals surface area contributed by atoms with Gasteiger partial charge in [-0.2, -0.15) is 0 Å². The van der Waals surface area contributed by atoms with Crippen LogP contribution in [0.4, 0.5) is 0 Å². The quantitative estimate of drug-likeness (QED) is 0.175. The Labute approximate surface area is 325 Å². The van der Waals surface area contributed by atoms with Crippen molar-refractivity contribution in [3.8, 4) is 49.4 Å². The van der Waals surface area contributed by atoms with Gasteiger partial charge in [0.1, 0.15) is 0 Å². The van der Waals surface area contributed by atoms with Crippen molar-refractivity contribution in [1.29, 1.82) is 0 Å². The third-order valence-corrected chi connectivity index (χ3v) is 10.1. The number of hydrogen-bond donors (Lipinski definition) is 2. The molecule has 0 fully saturated rings. The molecule has 258 valence electrons. The summed E-state index contributed by atoms with van der Waals surface area (Å²) < 4.78 is 0. The van der Waals surface area contributed by atoms with Gasteiger partial charge in [0.15, 0.2) is 0 Å². The fraction of sp³-hybridized carbons (Fsp3) is 0. The van der Waals surface area contributed by atoms with Crippen LogP contribution in [0.1, 0.15) is 55.8 Å². The molecule has 0 saturated heterocycles. The molecular weight excluding hydrogens is 681 g/mol. The van der Waals surface area contributed by atoms with E-state index in [9.17, 15) is 0 Å². The Morgan fingerprint density at radius 3 is 1.18 bits per heavy atom. The molecular formula is C52H30N4. The van der Waals surface area contributed by atoms with Crippen molar-refractivity contribution in [2.75, 3.05) is 0 Å². The Bertz CT molecular complexity index is 2890. The van der Waals surface area contributed by atoms with Crippen LogP contribution in [0.25, 0.3) is 22.3 Å². The molecule has 0 atom stereocenters. The van der Waals surface area contributed by atoms with Gasteiger partial charge in [0.05, 0.1) is 22.8 Å². The third kappa shape index (κ3) is 5.97. The van der Waals surface area contributed by atoms with Gasteiger partial charge < -0.3 is 9.97 Å². The molecule has 3 aliphatic heterocycles. The Hall–Kier alpha value is -8.28. The number of H-pyrrole nitrogens is 2. The van der Waals surface area contributed by atoms with Gasteiger partial charge in [-0.15, -0.1) is 25.7 Å². The lowest BCUT2D eigenvalue weighted by Crippen LogP contribution is -2.21. The summed E-state index contributed by atoms with van der Waals surface area (Å²) in [7, 11) is 0. The van der Waals surface area contributed by atoms with Crippen molar-refractivity contribution in [3.63, 3.8) is 0 Å². The summed E-state index contributed by atoms with van der Waals surface area (Å²) in [6.45, 7) is 0. The number of allylic oxidation sites excluding steroid dienone is 4. The van der Waals surface area contributed by atoms with Gasteiger partial charge in [0.25, 0.3) is 0 Å². The number of hydrogen-bond acceptors (Lipinski definition) is 2. The van der Waals surface area contributed by atoms with Gasteiger partial charge in [-0.05, 0) is 113 Å². The van der Waals surface area contributed by atoms with Crippen LogP contribution in [0.2, 0.25) is 0 Å². The SMILES string of the molecule is C#Cc1ccc(C2=C3C=CC(=N3)C(c3ccc(C#C)cc3)=c3ccc([nH]3)=C(c3ccc(C#C)cc3)C3=NC(=C(c4ccc(C#C)cc4)c4cc2c[nH]4)C=C3)cc1. The number of aromatic amines is 2. The zero-order chi connectivity index (χ0) is 38.2. The molecule has 0 spiro atoms. The zero-order valence-electron chi connectivity index (χ0n) is 30.1. The summed E-state index contributed by atoms with van der Waals surface area (Å²) in [6, 6.07) is 38.3. The molecule has 2 N–H and O–H groups in total. The van der Waals surface area contributed by atoms with E-state index in [2.05, 4.69) is 76.2 Å². The van der Waals surface area contributed by atoms with Crippen molar-refractivity contribution in [1.82, 2.24) is 9.97 Å². The summed E-state index contributed by atoms with van der Waals surface area (Å²) in [6.07, 6.45) is 33.3. The Kier molecular flexibility index (Phi) is 8.35. The van der Waals surface area contributed by atoms with Crippen LogP contribution in [0.15, 0.2) is 167 Å². The number of aromatic nitrogens is 2. The molecule has 56 heavy (non-hydrogen) atoms. The summed E-state index contributed by atoms with van der Waals surface area (Å²) in [4.78, 5) is 18.1. The first-order valence-electron chi connectivity index (χ1n) is 18.0. The number of rotatable bonds is 4. The second-order valence-corrected chi connectivity index (χ2v) is 13.4. The highest BCUT2D eigenvalue weighted by molar-refractivity contribution is 6.31. The predicted octanol–water partition coefficient (Wildman–Crippen LogP) is 7.92. The number of aliphatic imine (C=N–C) groups is 2.